The minimum atomic E-state index is -2.05. The van der Waals surface area contributed by atoms with Crippen LogP contribution in [-0.4, -0.2) is 51.5 Å². The SMILES string of the molecule is CC1=C[C@@]23C(=O)[C@@H](C=C(CO)[C@@H](O)[C@]2(O)[C@H]1OC(=O)C12CC4CC(CC(C4)C1)C2)[C@H]1[C@@H](C[C@H]3C)C1(C)C. The maximum atomic E-state index is 14.5. The van der Waals surface area contributed by atoms with E-state index in [2.05, 4.69) is 13.8 Å². The third kappa shape index (κ3) is 2.83. The van der Waals surface area contributed by atoms with E-state index in [9.17, 15) is 24.9 Å². The van der Waals surface area contributed by atoms with E-state index >= 15 is 0 Å². The van der Waals surface area contributed by atoms with Crippen molar-refractivity contribution in [3.05, 3.63) is 23.3 Å². The highest BCUT2D eigenvalue weighted by Crippen LogP contribution is 2.72. The van der Waals surface area contributed by atoms with Crippen LogP contribution in [0.25, 0.3) is 0 Å². The fourth-order valence-electron chi connectivity index (χ4n) is 11.2. The fraction of sp³-hybridized carbons (Fsp3) is 0.806. The molecule has 6 heteroatoms. The van der Waals surface area contributed by atoms with Crippen molar-refractivity contribution in [1.82, 2.24) is 0 Å². The Labute approximate surface area is 219 Å². The molecule has 6 nitrogen and oxygen atoms in total. The van der Waals surface area contributed by atoms with E-state index in [0.717, 1.165) is 25.7 Å². The molecule has 0 saturated heterocycles. The van der Waals surface area contributed by atoms with Crippen LogP contribution in [0.15, 0.2) is 23.3 Å². The summed E-state index contributed by atoms with van der Waals surface area (Å²) >= 11 is 0. The number of aliphatic hydroxyl groups is 3. The third-order valence-corrected chi connectivity index (χ3v) is 12.6. The lowest BCUT2D eigenvalue weighted by Gasteiger charge is -2.55. The average Bonchev–Trinajstić information content (AvgIpc) is 3.31. The van der Waals surface area contributed by atoms with Crippen molar-refractivity contribution in [1.29, 1.82) is 0 Å². The molecule has 202 valence electrons. The second-order valence-electron chi connectivity index (χ2n) is 14.8. The number of hydrogen-bond acceptors (Lipinski definition) is 6. The van der Waals surface area contributed by atoms with Gasteiger partial charge in [-0.15, -0.1) is 0 Å². The highest BCUT2D eigenvalue weighted by molar-refractivity contribution is 5.95. The molecular weight excluding hydrogens is 468 g/mol. The lowest BCUT2D eigenvalue weighted by molar-refractivity contribution is -0.214. The highest BCUT2D eigenvalue weighted by atomic mass is 16.6. The first kappa shape index (κ1) is 24.5. The fourth-order valence-corrected chi connectivity index (χ4v) is 11.2. The van der Waals surface area contributed by atoms with E-state index in [1.807, 2.05) is 19.9 Å². The zero-order valence-electron chi connectivity index (χ0n) is 22.6. The van der Waals surface area contributed by atoms with E-state index in [1.54, 1.807) is 6.08 Å². The Balaban J connectivity index is 1.30. The van der Waals surface area contributed by atoms with Gasteiger partial charge in [0.25, 0.3) is 0 Å². The molecule has 0 aliphatic heterocycles. The second kappa shape index (κ2) is 7.37. The molecule has 0 aromatic carbocycles. The first-order valence-electron chi connectivity index (χ1n) is 14.6. The number of rotatable bonds is 3. The summed E-state index contributed by atoms with van der Waals surface area (Å²) in [5, 5.41) is 34.7. The van der Waals surface area contributed by atoms with Gasteiger partial charge in [0.05, 0.1) is 17.4 Å². The molecular formula is C31H42O6. The van der Waals surface area contributed by atoms with E-state index in [-0.39, 0.29) is 34.6 Å². The van der Waals surface area contributed by atoms with Crippen LogP contribution in [0.3, 0.4) is 0 Å². The van der Waals surface area contributed by atoms with Crippen LogP contribution in [-0.2, 0) is 14.3 Å². The topological polar surface area (TPSA) is 104 Å². The van der Waals surface area contributed by atoms with Crippen molar-refractivity contribution in [3.8, 4) is 0 Å². The molecule has 1 spiro atoms. The summed E-state index contributed by atoms with van der Waals surface area (Å²) in [5.41, 5.74) is -3.05. The summed E-state index contributed by atoms with van der Waals surface area (Å²) < 4.78 is 6.32. The quantitative estimate of drug-likeness (QED) is 0.396. The van der Waals surface area contributed by atoms with Gasteiger partial charge in [-0.2, -0.15) is 0 Å². The summed E-state index contributed by atoms with van der Waals surface area (Å²) in [7, 11) is 0. The van der Waals surface area contributed by atoms with E-state index < -0.39 is 41.2 Å². The summed E-state index contributed by atoms with van der Waals surface area (Å²) in [6.45, 7) is 7.74. The number of aliphatic hydroxyl groups excluding tert-OH is 2. The van der Waals surface area contributed by atoms with Crippen molar-refractivity contribution in [2.75, 3.05) is 6.61 Å². The smallest absolute Gasteiger partial charge is 0.312 e. The van der Waals surface area contributed by atoms with Crippen LogP contribution in [0.1, 0.15) is 72.6 Å². The molecule has 37 heavy (non-hydrogen) atoms. The largest absolute Gasteiger partial charge is 0.454 e. The first-order chi connectivity index (χ1) is 17.4. The van der Waals surface area contributed by atoms with E-state index in [0.29, 0.717) is 29.2 Å². The van der Waals surface area contributed by atoms with Gasteiger partial charge in [-0.3, -0.25) is 9.59 Å². The molecule has 8 aliphatic rings. The Hall–Kier alpha value is -1.50. The Bertz CT molecular complexity index is 1100. The number of hydrogen-bond donors (Lipinski definition) is 3. The van der Waals surface area contributed by atoms with Gasteiger partial charge in [-0.25, -0.2) is 0 Å². The van der Waals surface area contributed by atoms with Crippen LogP contribution >= 0.6 is 0 Å². The number of Topliss-reactive ketones (excluding diaryl/α,β-unsaturated/α-hetero) is 1. The van der Waals surface area contributed by atoms with Crippen LogP contribution in [0.4, 0.5) is 0 Å². The normalized spacial score (nSPS) is 54.5. The molecule has 3 N–H and O–H groups in total. The lowest BCUT2D eigenvalue weighted by Crippen LogP contribution is -2.66. The molecule has 8 aliphatic carbocycles. The molecule has 0 heterocycles. The molecule has 0 radical (unpaired) electrons. The van der Waals surface area contributed by atoms with Gasteiger partial charge in [0.2, 0.25) is 0 Å². The van der Waals surface area contributed by atoms with Gasteiger partial charge in [-0.1, -0.05) is 32.9 Å². The molecule has 0 amide bonds. The van der Waals surface area contributed by atoms with Crippen LogP contribution in [0.2, 0.25) is 0 Å². The Morgan fingerprint density at radius 3 is 2.24 bits per heavy atom. The number of carbonyl (C=O) groups excluding carboxylic acids is 2. The van der Waals surface area contributed by atoms with Crippen LogP contribution in [0.5, 0.6) is 0 Å². The van der Waals surface area contributed by atoms with Gasteiger partial charge in [0.1, 0.15) is 6.10 Å². The van der Waals surface area contributed by atoms with Crippen LogP contribution < -0.4 is 0 Å². The van der Waals surface area contributed by atoms with E-state index in [4.69, 9.17) is 4.74 Å². The van der Waals surface area contributed by atoms with Gasteiger partial charge in [-0.05, 0) is 104 Å². The number of allylic oxidation sites excluding steroid dienone is 1. The minimum Gasteiger partial charge on any atom is -0.454 e. The molecule has 0 aromatic heterocycles. The molecule has 6 fully saturated rings. The van der Waals surface area contributed by atoms with Gasteiger partial charge >= 0.3 is 5.97 Å². The third-order valence-electron chi connectivity index (χ3n) is 12.6. The van der Waals surface area contributed by atoms with Crippen molar-refractivity contribution in [2.24, 2.45) is 57.7 Å². The molecule has 6 bridgehead atoms. The van der Waals surface area contributed by atoms with Crippen molar-refractivity contribution in [3.63, 3.8) is 0 Å². The van der Waals surface area contributed by atoms with Crippen molar-refractivity contribution in [2.45, 2.75) is 90.4 Å². The predicted molar refractivity (Wildman–Crippen MR) is 136 cm³/mol. The highest BCUT2D eigenvalue weighted by Gasteiger charge is 2.76. The van der Waals surface area contributed by atoms with Crippen LogP contribution in [0, 0.1) is 57.7 Å². The zero-order valence-corrected chi connectivity index (χ0v) is 22.6. The van der Waals surface area contributed by atoms with Gasteiger partial charge < -0.3 is 20.1 Å². The number of fused-ring (bicyclic) bond motifs is 3. The Kier molecular flexibility index (Phi) is 4.88. The molecule has 8 rings (SSSR count). The van der Waals surface area contributed by atoms with Gasteiger partial charge in [0, 0.05) is 5.92 Å². The van der Waals surface area contributed by atoms with E-state index in [1.165, 1.54) is 19.3 Å². The summed E-state index contributed by atoms with van der Waals surface area (Å²) in [4.78, 5) is 28.5. The molecule has 8 atom stereocenters. The Morgan fingerprint density at radius 1 is 1.08 bits per heavy atom. The maximum Gasteiger partial charge on any atom is 0.312 e. The maximum absolute atomic E-state index is 14.5. The summed E-state index contributed by atoms with van der Waals surface area (Å²) in [6, 6.07) is 0. The second-order valence-corrected chi connectivity index (χ2v) is 14.8. The number of carbonyl (C=O) groups is 2. The number of ether oxygens (including phenoxy) is 1. The minimum absolute atomic E-state index is 0.0115. The first-order valence-corrected chi connectivity index (χ1v) is 14.6. The monoisotopic (exact) mass is 510 g/mol. The lowest BCUT2D eigenvalue weighted by atomic mass is 9.49. The standard InChI is InChI=1S/C31H42O6/c1-15-10-30-16(2)5-22-23(28(22,3)4)21(25(30)34)9-20(14-32)24(33)31(30,36)26(15)37-27(35)29-11-17-6-18(12-29)8-19(7-17)13-29/h9-10,16-19,21-24,26,32-33,36H,5-8,11-14H2,1-4H3/t16-,17?,18?,19?,21+,22-,23+,24-,26+,29?,30-,31+/m1/s1. The summed E-state index contributed by atoms with van der Waals surface area (Å²) in [6.07, 6.45) is 7.85. The predicted octanol–water partition coefficient (Wildman–Crippen LogP) is 3.58. The van der Waals surface area contributed by atoms with Crippen molar-refractivity contribution >= 4 is 11.8 Å². The molecule has 0 aromatic rings. The van der Waals surface area contributed by atoms with Gasteiger partial charge in [0.15, 0.2) is 17.5 Å². The number of ketones is 1. The summed E-state index contributed by atoms with van der Waals surface area (Å²) in [5.74, 6) is 1.04. The Morgan fingerprint density at radius 2 is 1.68 bits per heavy atom. The van der Waals surface area contributed by atoms with Crippen molar-refractivity contribution < 1.29 is 29.6 Å². The molecule has 0 unspecified atom stereocenters. The number of esters is 1. The average molecular weight is 511 g/mol. The zero-order chi connectivity index (χ0) is 26.3. The molecule has 6 saturated carbocycles.